The number of aromatic nitrogens is 1. The van der Waals surface area contributed by atoms with Crippen molar-refractivity contribution >= 4 is 46.3 Å². The van der Waals surface area contributed by atoms with E-state index in [2.05, 4.69) is 21.1 Å². The highest BCUT2D eigenvalue weighted by atomic mass is 16.7. The SMILES string of the molecule is Cc1ccccc1Nc1nc2ccc(CC(=O)Nc3ccc(C4CN(C(=O)C5=CC(C)ON5)CC4C(=O)O)cc3)cc2o1. The van der Waals surface area contributed by atoms with Gasteiger partial charge in [0.15, 0.2) is 5.58 Å². The van der Waals surface area contributed by atoms with Gasteiger partial charge in [0.05, 0.1) is 12.3 Å². The van der Waals surface area contributed by atoms with E-state index in [4.69, 9.17) is 9.25 Å². The molecule has 11 nitrogen and oxygen atoms in total. The Hall–Kier alpha value is -5.16. The number of amides is 2. The quantitative estimate of drug-likeness (QED) is 0.236. The van der Waals surface area contributed by atoms with E-state index in [1.165, 1.54) is 4.90 Å². The van der Waals surface area contributed by atoms with E-state index in [0.717, 1.165) is 22.4 Å². The molecule has 1 saturated heterocycles. The van der Waals surface area contributed by atoms with Crippen molar-refractivity contribution in [2.75, 3.05) is 23.7 Å². The first-order chi connectivity index (χ1) is 20.7. The molecule has 43 heavy (non-hydrogen) atoms. The lowest BCUT2D eigenvalue weighted by atomic mass is 9.89. The molecule has 2 amide bonds. The van der Waals surface area contributed by atoms with Gasteiger partial charge in [-0.3, -0.25) is 24.7 Å². The van der Waals surface area contributed by atoms with Crippen LogP contribution < -0.4 is 16.1 Å². The molecule has 0 bridgehead atoms. The molecule has 11 heteroatoms. The fraction of sp³-hybridized carbons (Fsp3) is 0.250. The van der Waals surface area contributed by atoms with Crippen LogP contribution >= 0.6 is 0 Å². The molecule has 3 atom stereocenters. The third kappa shape index (κ3) is 6.07. The van der Waals surface area contributed by atoms with Crippen molar-refractivity contribution in [1.29, 1.82) is 0 Å². The summed E-state index contributed by atoms with van der Waals surface area (Å²) in [4.78, 5) is 49.0. The summed E-state index contributed by atoms with van der Waals surface area (Å²) in [6, 6.07) is 20.8. The Balaban J connectivity index is 1.08. The zero-order valence-electron chi connectivity index (χ0n) is 23.7. The van der Waals surface area contributed by atoms with Gasteiger partial charge in [-0.25, -0.2) is 0 Å². The summed E-state index contributed by atoms with van der Waals surface area (Å²) in [6.45, 7) is 4.17. The molecule has 0 spiro atoms. The third-order valence-corrected chi connectivity index (χ3v) is 7.74. The van der Waals surface area contributed by atoms with Crippen LogP contribution in [-0.2, 0) is 25.6 Å². The van der Waals surface area contributed by atoms with Crippen LogP contribution in [0.25, 0.3) is 11.1 Å². The van der Waals surface area contributed by atoms with Gasteiger partial charge < -0.3 is 25.1 Å². The maximum atomic E-state index is 12.9. The van der Waals surface area contributed by atoms with Gasteiger partial charge in [-0.05, 0) is 66.9 Å². The zero-order valence-corrected chi connectivity index (χ0v) is 23.7. The largest absolute Gasteiger partial charge is 0.481 e. The molecule has 4 aromatic rings. The minimum atomic E-state index is -0.961. The number of hydrogen-bond acceptors (Lipinski definition) is 8. The van der Waals surface area contributed by atoms with Gasteiger partial charge in [-0.1, -0.05) is 36.4 Å². The number of anilines is 3. The van der Waals surface area contributed by atoms with Gasteiger partial charge in [0.1, 0.15) is 17.3 Å². The Bertz CT molecular complexity index is 1730. The molecule has 3 aromatic carbocycles. The number of hydroxylamine groups is 1. The monoisotopic (exact) mass is 581 g/mol. The molecule has 3 heterocycles. The number of aryl methyl sites for hydroxylation is 1. The first-order valence-corrected chi connectivity index (χ1v) is 14.0. The molecule has 1 aromatic heterocycles. The first kappa shape index (κ1) is 28.0. The van der Waals surface area contributed by atoms with E-state index >= 15 is 0 Å². The second-order valence-electron chi connectivity index (χ2n) is 10.9. The summed E-state index contributed by atoms with van der Waals surface area (Å²) in [6.07, 6.45) is 1.57. The summed E-state index contributed by atoms with van der Waals surface area (Å²) in [7, 11) is 0. The van der Waals surface area contributed by atoms with Gasteiger partial charge in [0.2, 0.25) is 5.91 Å². The van der Waals surface area contributed by atoms with E-state index < -0.39 is 11.9 Å². The van der Waals surface area contributed by atoms with Crippen LogP contribution in [0.2, 0.25) is 0 Å². The predicted octanol–water partition coefficient (Wildman–Crippen LogP) is 4.49. The molecular formula is C32H31N5O6. The second-order valence-corrected chi connectivity index (χ2v) is 10.9. The van der Waals surface area contributed by atoms with Gasteiger partial charge in [-0.2, -0.15) is 4.98 Å². The molecule has 0 radical (unpaired) electrons. The molecular weight excluding hydrogens is 550 g/mol. The van der Waals surface area contributed by atoms with Crippen LogP contribution in [-0.4, -0.2) is 52.0 Å². The van der Waals surface area contributed by atoms with Crippen LogP contribution in [0.1, 0.15) is 29.5 Å². The van der Waals surface area contributed by atoms with E-state index in [1.54, 1.807) is 43.3 Å². The lowest BCUT2D eigenvalue weighted by Crippen LogP contribution is -2.34. The molecule has 3 unspecified atom stereocenters. The molecule has 4 N–H and O–H groups in total. The van der Waals surface area contributed by atoms with E-state index in [0.29, 0.717) is 28.5 Å². The maximum Gasteiger partial charge on any atom is 0.308 e. The Kier molecular flexibility index (Phi) is 7.56. The van der Waals surface area contributed by atoms with Crippen LogP contribution in [0.3, 0.4) is 0 Å². The molecule has 1 fully saturated rings. The van der Waals surface area contributed by atoms with Crippen LogP contribution in [0, 0.1) is 12.8 Å². The Labute approximate surface area is 247 Å². The number of carboxylic acids is 1. The minimum Gasteiger partial charge on any atom is -0.481 e. The topological polar surface area (TPSA) is 146 Å². The fourth-order valence-electron chi connectivity index (χ4n) is 5.47. The van der Waals surface area contributed by atoms with Crippen molar-refractivity contribution in [3.8, 4) is 0 Å². The van der Waals surface area contributed by atoms with Gasteiger partial charge in [0, 0.05) is 30.4 Å². The number of likely N-dealkylation sites (tertiary alicyclic amines) is 1. The van der Waals surface area contributed by atoms with Crippen molar-refractivity contribution in [3.05, 3.63) is 95.2 Å². The van der Waals surface area contributed by atoms with Crippen molar-refractivity contribution in [3.63, 3.8) is 0 Å². The number of carbonyl (C=O) groups excluding carboxylic acids is 2. The van der Waals surface area contributed by atoms with E-state index in [9.17, 15) is 19.5 Å². The minimum absolute atomic E-state index is 0.101. The number of aliphatic carboxylic acids is 1. The number of nitrogens with one attached hydrogen (secondary N) is 3. The smallest absolute Gasteiger partial charge is 0.308 e. The molecule has 220 valence electrons. The summed E-state index contributed by atoms with van der Waals surface area (Å²) >= 11 is 0. The van der Waals surface area contributed by atoms with Crippen molar-refractivity contribution in [2.45, 2.75) is 32.3 Å². The lowest BCUT2D eigenvalue weighted by Gasteiger charge is -2.17. The number of oxazole rings is 1. The average Bonchev–Trinajstić information content (AvgIpc) is 3.72. The van der Waals surface area contributed by atoms with Gasteiger partial charge >= 0.3 is 5.97 Å². The highest BCUT2D eigenvalue weighted by Crippen LogP contribution is 2.34. The van der Waals surface area contributed by atoms with Gasteiger partial charge in [0.25, 0.3) is 11.9 Å². The number of benzene rings is 3. The zero-order chi connectivity index (χ0) is 30.1. The van der Waals surface area contributed by atoms with E-state index in [-0.39, 0.29) is 43.3 Å². The fourth-order valence-corrected chi connectivity index (χ4v) is 5.47. The number of rotatable bonds is 8. The highest BCUT2D eigenvalue weighted by molar-refractivity contribution is 5.94. The number of nitrogens with zero attached hydrogens (tertiary/aromatic N) is 2. The standard InChI is InChI=1S/C32H31N5O6/c1-18-5-3-4-6-25(18)34-32-35-26-12-7-20(14-28(26)42-32)15-29(38)33-22-10-8-21(9-11-22)23-16-37(17-24(23)31(40)41)30(39)27-13-19(2)43-36-27/h3-14,19,23-24,36H,15-17H2,1-2H3,(H,33,38)(H,34,35)(H,40,41). The molecule has 2 aliphatic rings. The molecule has 0 aliphatic carbocycles. The van der Waals surface area contributed by atoms with Crippen LogP contribution in [0.5, 0.6) is 0 Å². The van der Waals surface area contributed by atoms with Crippen LogP contribution in [0.4, 0.5) is 17.4 Å². The highest BCUT2D eigenvalue weighted by Gasteiger charge is 2.41. The first-order valence-electron chi connectivity index (χ1n) is 14.0. The van der Waals surface area contributed by atoms with Crippen LogP contribution in [0.15, 0.2) is 82.9 Å². The maximum absolute atomic E-state index is 12.9. The number of fused-ring (bicyclic) bond motifs is 1. The van der Waals surface area contributed by atoms with Gasteiger partial charge in [-0.15, -0.1) is 0 Å². The third-order valence-electron chi connectivity index (χ3n) is 7.74. The number of carbonyl (C=O) groups is 3. The molecule has 6 rings (SSSR count). The predicted molar refractivity (Wildman–Crippen MR) is 159 cm³/mol. The Morgan fingerprint density at radius 1 is 1.07 bits per heavy atom. The number of carboxylic acid groups (broad SMARTS) is 1. The number of hydrogen-bond donors (Lipinski definition) is 4. The Morgan fingerprint density at radius 3 is 2.58 bits per heavy atom. The van der Waals surface area contributed by atoms with Crippen molar-refractivity contribution < 1.29 is 28.7 Å². The summed E-state index contributed by atoms with van der Waals surface area (Å²) in [5, 5.41) is 15.9. The van der Waals surface area contributed by atoms with E-state index in [1.807, 2.05) is 43.3 Å². The lowest BCUT2D eigenvalue weighted by molar-refractivity contribution is -0.141. The summed E-state index contributed by atoms with van der Waals surface area (Å²) < 4.78 is 5.88. The normalized spacial score (nSPS) is 19.6. The second kappa shape index (κ2) is 11.6. The number of para-hydroxylation sites is 1. The summed E-state index contributed by atoms with van der Waals surface area (Å²) in [5.41, 5.74) is 8.30. The Morgan fingerprint density at radius 2 is 1.86 bits per heavy atom. The van der Waals surface area contributed by atoms with Crippen molar-refractivity contribution in [2.24, 2.45) is 5.92 Å². The molecule has 2 aliphatic heterocycles. The summed E-state index contributed by atoms with van der Waals surface area (Å²) in [5.74, 6) is -2.59. The van der Waals surface area contributed by atoms with Crippen molar-refractivity contribution in [1.82, 2.24) is 15.4 Å². The molecule has 0 saturated carbocycles. The average molecular weight is 582 g/mol.